The number of benzene rings is 1. The molecule has 6 heteroatoms. The Morgan fingerprint density at radius 2 is 1.96 bits per heavy atom. The SMILES string of the molecule is OCCCCN(Cc1cn[nH]c1-c1c(F)cccc1F)C1CC1. The summed E-state index contributed by atoms with van der Waals surface area (Å²) in [5.41, 5.74) is 1.16. The third-order valence-electron chi connectivity index (χ3n) is 4.22. The normalized spacial score (nSPS) is 14.6. The minimum Gasteiger partial charge on any atom is -0.396 e. The predicted octanol–water partition coefficient (Wildman–Crippen LogP) is 3.09. The topological polar surface area (TPSA) is 52.1 Å². The van der Waals surface area contributed by atoms with E-state index in [0.717, 1.165) is 37.8 Å². The van der Waals surface area contributed by atoms with Gasteiger partial charge < -0.3 is 5.11 Å². The number of nitrogens with zero attached hydrogens (tertiary/aromatic N) is 2. The molecule has 23 heavy (non-hydrogen) atoms. The average Bonchev–Trinajstić information content (AvgIpc) is 3.28. The van der Waals surface area contributed by atoms with Crippen molar-refractivity contribution in [3.05, 3.63) is 41.6 Å². The Morgan fingerprint density at radius 3 is 2.61 bits per heavy atom. The van der Waals surface area contributed by atoms with Crippen LogP contribution in [0.1, 0.15) is 31.2 Å². The first-order chi connectivity index (χ1) is 11.2. The monoisotopic (exact) mass is 321 g/mol. The second-order valence-electron chi connectivity index (χ2n) is 6.00. The summed E-state index contributed by atoms with van der Waals surface area (Å²) in [6, 6.07) is 4.39. The van der Waals surface area contributed by atoms with Crippen molar-refractivity contribution in [1.82, 2.24) is 15.1 Å². The summed E-state index contributed by atoms with van der Waals surface area (Å²) in [5, 5.41) is 15.7. The Bertz CT molecular complexity index is 635. The Kier molecular flexibility index (Phi) is 5.03. The van der Waals surface area contributed by atoms with E-state index >= 15 is 0 Å². The minimum atomic E-state index is -0.589. The molecule has 1 aliphatic rings. The second-order valence-corrected chi connectivity index (χ2v) is 6.00. The van der Waals surface area contributed by atoms with Crippen LogP contribution in [0.3, 0.4) is 0 Å². The quantitative estimate of drug-likeness (QED) is 0.735. The first-order valence-electron chi connectivity index (χ1n) is 8.02. The van der Waals surface area contributed by atoms with Gasteiger partial charge in [-0.15, -0.1) is 0 Å². The van der Waals surface area contributed by atoms with Gasteiger partial charge in [0.15, 0.2) is 0 Å². The van der Waals surface area contributed by atoms with E-state index in [2.05, 4.69) is 15.1 Å². The molecule has 1 aromatic heterocycles. The van der Waals surface area contributed by atoms with E-state index < -0.39 is 11.6 Å². The van der Waals surface area contributed by atoms with Crippen LogP contribution in [0, 0.1) is 11.6 Å². The number of rotatable bonds is 8. The van der Waals surface area contributed by atoms with Crippen molar-refractivity contribution in [2.75, 3.05) is 13.2 Å². The number of aliphatic hydroxyl groups is 1. The molecule has 1 aliphatic carbocycles. The first-order valence-corrected chi connectivity index (χ1v) is 8.02. The molecular formula is C17H21F2N3O. The van der Waals surface area contributed by atoms with E-state index in [0.29, 0.717) is 18.3 Å². The number of aliphatic hydroxyl groups excluding tert-OH is 1. The molecule has 0 spiro atoms. The Labute approximate surface area is 134 Å². The van der Waals surface area contributed by atoms with Crippen molar-refractivity contribution >= 4 is 0 Å². The van der Waals surface area contributed by atoms with Gasteiger partial charge in [-0.05, 0) is 44.4 Å². The molecule has 2 N–H and O–H groups in total. The van der Waals surface area contributed by atoms with E-state index in [1.165, 1.54) is 18.2 Å². The zero-order chi connectivity index (χ0) is 16.2. The number of aromatic amines is 1. The molecule has 0 atom stereocenters. The van der Waals surface area contributed by atoms with Crippen LogP contribution >= 0.6 is 0 Å². The fourth-order valence-electron chi connectivity index (χ4n) is 2.86. The van der Waals surface area contributed by atoms with E-state index in [-0.39, 0.29) is 12.2 Å². The highest BCUT2D eigenvalue weighted by Gasteiger charge is 2.29. The molecule has 1 aromatic carbocycles. The van der Waals surface area contributed by atoms with E-state index in [1.54, 1.807) is 6.20 Å². The smallest absolute Gasteiger partial charge is 0.135 e. The maximum Gasteiger partial charge on any atom is 0.135 e. The highest BCUT2D eigenvalue weighted by molar-refractivity contribution is 5.64. The van der Waals surface area contributed by atoms with Crippen LogP contribution < -0.4 is 0 Å². The lowest BCUT2D eigenvalue weighted by atomic mass is 10.1. The molecule has 0 amide bonds. The summed E-state index contributed by atoms with van der Waals surface area (Å²) in [6.07, 6.45) is 5.63. The number of H-pyrrole nitrogens is 1. The number of hydrogen-bond donors (Lipinski definition) is 2. The third-order valence-corrected chi connectivity index (χ3v) is 4.22. The van der Waals surface area contributed by atoms with Crippen LogP contribution in [0.2, 0.25) is 0 Å². The molecule has 0 unspecified atom stereocenters. The molecule has 0 saturated heterocycles. The number of aromatic nitrogens is 2. The maximum atomic E-state index is 14.0. The van der Waals surface area contributed by atoms with Crippen LogP contribution in [-0.2, 0) is 6.54 Å². The van der Waals surface area contributed by atoms with E-state index in [9.17, 15) is 8.78 Å². The number of hydrogen-bond acceptors (Lipinski definition) is 3. The molecule has 124 valence electrons. The van der Waals surface area contributed by atoms with E-state index in [4.69, 9.17) is 5.11 Å². The average molecular weight is 321 g/mol. The van der Waals surface area contributed by atoms with Gasteiger partial charge in [-0.25, -0.2) is 8.78 Å². The zero-order valence-corrected chi connectivity index (χ0v) is 12.9. The van der Waals surface area contributed by atoms with Crippen LogP contribution in [0.4, 0.5) is 8.78 Å². The summed E-state index contributed by atoms with van der Waals surface area (Å²) in [4.78, 5) is 2.31. The molecule has 1 heterocycles. The van der Waals surface area contributed by atoms with Crippen LogP contribution in [0.25, 0.3) is 11.3 Å². The molecule has 0 bridgehead atoms. The standard InChI is InChI=1S/C17H21F2N3O/c18-14-4-3-5-15(19)16(14)17-12(10-20-21-17)11-22(13-6-7-13)8-1-2-9-23/h3-5,10,13,23H,1-2,6-9,11H2,(H,20,21). The predicted molar refractivity (Wildman–Crippen MR) is 83.7 cm³/mol. The van der Waals surface area contributed by atoms with E-state index in [1.807, 2.05) is 0 Å². The number of nitrogens with one attached hydrogen (secondary N) is 1. The summed E-state index contributed by atoms with van der Waals surface area (Å²) >= 11 is 0. The van der Waals surface area contributed by atoms with Gasteiger partial charge in [0, 0.05) is 24.8 Å². The molecule has 4 nitrogen and oxygen atoms in total. The van der Waals surface area contributed by atoms with Crippen LogP contribution in [-0.4, -0.2) is 39.4 Å². The van der Waals surface area contributed by atoms with Crippen molar-refractivity contribution < 1.29 is 13.9 Å². The molecule has 3 rings (SSSR count). The van der Waals surface area contributed by atoms with Crippen molar-refractivity contribution in [1.29, 1.82) is 0 Å². The van der Waals surface area contributed by atoms with Crippen molar-refractivity contribution in [2.45, 2.75) is 38.3 Å². The van der Waals surface area contributed by atoms with Gasteiger partial charge in [0.1, 0.15) is 11.6 Å². The van der Waals surface area contributed by atoms with Gasteiger partial charge >= 0.3 is 0 Å². The lowest BCUT2D eigenvalue weighted by Crippen LogP contribution is -2.27. The Hall–Kier alpha value is -1.79. The third kappa shape index (κ3) is 3.76. The lowest BCUT2D eigenvalue weighted by Gasteiger charge is -2.22. The molecule has 0 radical (unpaired) electrons. The van der Waals surface area contributed by atoms with Crippen molar-refractivity contribution in [3.63, 3.8) is 0 Å². The lowest BCUT2D eigenvalue weighted by molar-refractivity contribution is 0.229. The minimum absolute atomic E-state index is 0.0499. The highest BCUT2D eigenvalue weighted by Crippen LogP contribution is 2.32. The molecule has 2 aromatic rings. The largest absolute Gasteiger partial charge is 0.396 e. The van der Waals surface area contributed by atoms with Crippen LogP contribution in [0.15, 0.2) is 24.4 Å². The summed E-state index contributed by atoms with van der Waals surface area (Å²) in [5.74, 6) is -1.18. The molecule has 1 fully saturated rings. The van der Waals surface area contributed by atoms with Crippen molar-refractivity contribution in [2.24, 2.45) is 0 Å². The van der Waals surface area contributed by atoms with Gasteiger partial charge in [0.25, 0.3) is 0 Å². The summed E-state index contributed by atoms with van der Waals surface area (Å²) in [7, 11) is 0. The molecule has 1 saturated carbocycles. The van der Waals surface area contributed by atoms with Gasteiger partial charge in [-0.1, -0.05) is 6.07 Å². The molecular weight excluding hydrogens is 300 g/mol. The second kappa shape index (κ2) is 7.19. The molecule has 0 aliphatic heterocycles. The zero-order valence-electron chi connectivity index (χ0n) is 12.9. The summed E-state index contributed by atoms with van der Waals surface area (Å²) < 4.78 is 28.0. The maximum absolute atomic E-state index is 14.0. The Balaban J connectivity index is 1.80. The van der Waals surface area contributed by atoms with Gasteiger partial charge in [-0.2, -0.15) is 5.10 Å². The van der Waals surface area contributed by atoms with Gasteiger partial charge in [0.2, 0.25) is 0 Å². The number of halogens is 2. The number of unbranched alkanes of at least 4 members (excludes halogenated alkanes) is 1. The summed E-state index contributed by atoms with van der Waals surface area (Å²) in [6.45, 7) is 1.67. The van der Waals surface area contributed by atoms with Gasteiger partial charge in [-0.3, -0.25) is 10.00 Å². The fraction of sp³-hybridized carbons (Fsp3) is 0.471. The fourth-order valence-corrected chi connectivity index (χ4v) is 2.86. The van der Waals surface area contributed by atoms with Gasteiger partial charge in [0.05, 0.1) is 17.5 Å². The highest BCUT2D eigenvalue weighted by atomic mass is 19.1. The first kappa shape index (κ1) is 16.1. The van der Waals surface area contributed by atoms with Crippen LogP contribution in [0.5, 0.6) is 0 Å². The van der Waals surface area contributed by atoms with Crippen molar-refractivity contribution in [3.8, 4) is 11.3 Å². The Morgan fingerprint density at radius 1 is 1.22 bits per heavy atom.